The maximum atomic E-state index is 5.93. The minimum absolute atomic E-state index is 0.264. The van der Waals surface area contributed by atoms with Gasteiger partial charge in [-0.15, -0.1) is 0 Å². The monoisotopic (exact) mass is 248 g/mol. The average Bonchev–Trinajstić information content (AvgIpc) is 2.37. The van der Waals surface area contributed by atoms with Crippen molar-refractivity contribution in [2.24, 2.45) is 0 Å². The molecule has 1 aromatic rings. The summed E-state index contributed by atoms with van der Waals surface area (Å²) in [5.74, 6) is 0. The lowest BCUT2D eigenvalue weighted by atomic mass is 9.92. The molecule has 1 saturated heterocycles. The van der Waals surface area contributed by atoms with Gasteiger partial charge in [-0.1, -0.05) is 18.2 Å². The lowest BCUT2D eigenvalue weighted by Crippen LogP contribution is -2.47. The first-order valence-electron chi connectivity index (χ1n) is 6.86. The molecule has 0 bridgehead atoms. The topological polar surface area (TPSA) is 47.3 Å². The van der Waals surface area contributed by atoms with E-state index in [1.54, 1.807) is 0 Å². The van der Waals surface area contributed by atoms with Crippen LogP contribution < -0.4 is 11.1 Å². The van der Waals surface area contributed by atoms with Crippen molar-refractivity contribution >= 4 is 5.69 Å². The third kappa shape index (κ3) is 3.72. The van der Waals surface area contributed by atoms with Crippen molar-refractivity contribution in [2.45, 2.75) is 38.1 Å². The van der Waals surface area contributed by atoms with Crippen molar-refractivity contribution in [1.82, 2.24) is 5.32 Å². The number of nitrogens with two attached hydrogens (primary N) is 1. The van der Waals surface area contributed by atoms with E-state index in [-0.39, 0.29) is 5.54 Å². The fourth-order valence-electron chi connectivity index (χ4n) is 2.43. The van der Waals surface area contributed by atoms with Crippen molar-refractivity contribution in [3.05, 3.63) is 29.8 Å². The van der Waals surface area contributed by atoms with Gasteiger partial charge >= 0.3 is 0 Å². The summed E-state index contributed by atoms with van der Waals surface area (Å²) >= 11 is 0. The van der Waals surface area contributed by atoms with Gasteiger partial charge in [0.15, 0.2) is 0 Å². The minimum atomic E-state index is 0.264. The quantitative estimate of drug-likeness (QED) is 0.621. The van der Waals surface area contributed by atoms with Crippen LogP contribution in [-0.2, 0) is 11.2 Å². The summed E-state index contributed by atoms with van der Waals surface area (Å²) in [5, 5.41) is 3.67. The largest absolute Gasteiger partial charge is 0.399 e. The van der Waals surface area contributed by atoms with Crippen LogP contribution in [0, 0.1) is 0 Å². The number of hydrogen-bond acceptors (Lipinski definition) is 3. The van der Waals surface area contributed by atoms with Crippen LogP contribution in [0.5, 0.6) is 0 Å². The maximum absolute atomic E-state index is 5.93. The number of nitrogen functional groups attached to an aromatic ring is 1. The van der Waals surface area contributed by atoms with Crippen molar-refractivity contribution < 1.29 is 4.74 Å². The SMILES string of the molecule is CC1(NCCCc2ccccc2N)CCOCC1. The normalized spacial score (nSPS) is 18.7. The lowest BCUT2D eigenvalue weighted by molar-refractivity contribution is 0.0454. The van der Waals surface area contributed by atoms with Crippen LogP contribution in [0.15, 0.2) is 24.3 Å². The fraction of sp³-hybridized carbons (Fsp3) is 0.600. The van der Waals surface area contributed by atoms with Crippen molar-refractivity contribution in [3.63, 3.8) is 0 Å². The zero-order chi connectivity index (χ0) is 12.8. The molecule has 100 valence electrons. The molecule has 1 heterocycles. The zero-order valence-corrected chi connectivity index (χ0v) is 11.2. The number of ether oxygens (including phenoxy) is 1. The third-order valence-electron chi connectivity index (χ3n) is 3.83. The van der Waals surface area contributed by atoms with Crippen molar-refractivity contribution in [1.29, 1.82) is 0 Å². The Morgan fingerprint density at radius 1 is 1.28 bits per heavy atom. The number of hydrogen-bond donors (Lipinski definition) is 2. The predicted octanol–water partition coefficient (Wildman–Crippen LogP) is 2.36. The molecular formula is C15H24N2O. The highest BCUT2D eigenvalue weighted by Gasteiger charge is 2.25. The minimum Gasteiger partial charge on any atom is -0.399 e. The molecule has 0 atom stereocenters. The first-order chi connectivity index (χ1) is 8.70. The van der Waals surface area contributed by atoms with E-state index in [1.807, 2.05) is 12.1 Å². The second kappa shape index (κ2) is 6.21. The van der Waals surface area contributed by atoms with E-state index in [0.29, 0.717) is 0 Å². The van der Waals surface area contributed by atoms with Gasteiger partial charge in [-0.25, -0.2) is 0 Å². The Morgan fingerprint density at radius 3 is 2.72 bits per heavy atom. The fourth-order valence-corrected chi connectivity index (χ4v) is 2.43. The van der Waals surface area contributed by atoms with Gasteiger partial charge in [0, 0.05) is 24.4 Å². The summed E-state index contributed by atoms with van der Waals surface area (Å²) in [6.45, 7) is 5.11. The van der Waals surface area contributed by atoms with Crippen LogP contribution in [-0.4, -0.2) is 25.3 Å². The van der Waals surface area contributed by atoms with Gasteiger partial charge in [0.25, 0.3) is 0 Å². The molecule has 3 nitrogen and oxygen atoms in total. The summed E-state index contributed by atoms with van der Waals surface area (Å²) < 4.78 is 5.40. The van der Waals surface area contributed by atoms with E-state index in [1.165, 1.54) is 5.56 Å². The van der Waals surface area contributed by atoms with Gasteiger partial charge in [0.2, 0.25) is 0 Å². The highest BCUT2D eigenvalue weighted by molar-refractivity contribution is 5.46. The Bertz CT molecular complexity index is 373. The number of benzene rings is 1. The van der Waals surface area contributed by atoms with Crippen LogP contribution in [0.1, 0.15) is 31.7 Å². The van der Waals surface area contributed by atoms with E-state index in [0.717, 1.165) is 51.1 Å². The highest BCUT2D eigenvalue weighted by atomic mass is 16.5. The first-order valence-corrected chi connectivity index (χ1v) is 6.86. The lowest BCUT2D eigenvalue weighted by Gasteiger charge is -2.34. The van der Waals surface area contributed by atoms with Gasteiger partial charge in [0.1, 0.15) is 0 Å². The number of nitrogens with one attached hydrogen (secondary N) is 1. The molecular weight excluding hydrogens is 224 g/mol. The third-order valence-corrected chi connectivity index (χ3v) is 3.83. The number of aryl methyl sites for hydroxylation is 1. The van der Waals surface area contributed by atoms with Gasteiger partial charge in [0.05, 0.1) is 0 Å². The van der Waals surface area contributed by atoms with Crippen LogP contribution in [0.3, 0.4) is 0 Å². The summed E-state index contributed by atoms with van der Waals surface area (Å²) in [7, 11) is 0. The number of anilines is 1. The standard InChI is InChI=1S/C15H24N2O/c1-15(8-11-18-12-9-15)17-10-4-6-13-5-2-3-7-14(13)16/h2-3,5,7,17H,4,6,8-12,16H2,1H3. The summed E-state index contributed by atoms with van der Waals surface area (Å²) in [4.78, 5) is 0. The second-order valence-electron chi connectivity index (χ2n) is 5.40. The summed E-state index contributed by atoms with van der Waals surface area (Å²) in [6.07, 6.45) is 4.40. The smallest absolute Gasteiger partial charge is 0.0483 e. The molecule has 0 amide bonds. The average molecular weight is 248 g/mol. The molecule has 1 aliphatic heterocycles. The predicted molar refractivity (Wildman–Crippen MR) is 75.6 cm³/mol. The van der Waals surface area contributed by atoms with E-state index in [4.69, 9.17) is 10.5 Å². The first kappa shape index (κ1) is 13.4. The molecule has 0 saturated carbocycles. The van der Waals surface area contributed by atoms with Crippen LogP contribution in [0.4, 0.5) is 5.69 Å². The van der Waals surface area contributed by atoms with Gasteiger partial charge < -0.3 is 15.8 Å². The molecule has 0 aliphatic carbocycles. The Labute approximate surface area is 110 Å². The molecule has 1 aromatic carbocycles. The van der Waals surface area contributed by atoms with Gasteiger partial charge in [-0.2, -0.15) is 0 Å². The summed E-state index contributed by atoms with van der Waals surface area (Å²) in [5.41, 5.74) is 8.37. The van der Waals surface area contributed by atoms with Crippen molar-refractivity contribution in [3.8, 4) is 0 Å². The van der Waals surface area contributed by atoms with Gasteiger partial charge in [-0.05, 0) is 50.8 Å². The van der Waals surface area contributed by atoms with E-state index in [9.17, 15) is 0 Å². The Balaban J connectivity index is 1.71. The van der Waals surface area contributed by atoms with Crippen LogP contribution in [0.2, 0.25) is 0 Å². The molecule has 0 radical (unpaired) electrons. The molecule has 0 aromatic heterocycles. The Kier molecular flexibility index (Phi) is 4.61. The van der Waals surface area contributed by atoms with E-state index >= 15 is 0 Å². The number of rotatable bonds is 5. The molecule has 0 unspecified atom stereocenters. The highest BCUT2D eigenvalue weighted by Crippen LogP contribution is 2.19. The molecule has 3 heteroatoms. The molecule has 2 rings (SSSR count). The molecule has 1 aliphatic rings. The molecule has 0 spiro atoms. The molecule has 18 heavy (non-hydrogen) atoms. The second-order valence-corrected chi connectivity index (χ2v) is 5.40. The maximum Gasteiger partial charge on any atom is 0.0483 e. The number of para-hydroxylation sites is 1. The Hall–Kier alpha value is -1.06. The molecule has 3 N–H and O–H groups in total. The van der Waals surface area contributed by atoms with Crippen LogP contribution in [0.25, 0.3) is 0 Å². The molecule has 1 fully saturated rings. The van der Waals surface area contributed by atoms with E-state index < -0.39 is 0 Å². The van der Waals surface area contributed by atoms with Gasteiger partial charge in [-0.3, -0.25) is 0 Å². The van der Waals surface area contributed by atoms with Crippen molar-refractivity contribution in [2.75, 3.05) is 25.5 Å². The van der Waals surface area contributed by atoms with E-state index in [2.05, 4.69) is 24.4 Å². The Morgan fingerprint density at radius 2 is 2.00 bits per heavy atom. The van der Waals surface area contributed by atoms with Crippen LogP contribution >= 0.6 is 0 Å². The zero-order valence-electron chi connectivity index (χ0n) is 11.2. The summed E-state index contributed by atoms with van der Waals surface area (Å²) in [6, 6.07) is 8.13.